The van der Waals surface area contributed by atoms with Crippen molar-refractivity contribution < 1.29 is 9.21 Å². The number of benzene rings is 2. The third-order valence-corrected chi connectivity index (χ3v) is 5.50. The maximum absolute atomic E-state index is 13.4. The second-order valence-electron chi connectivity index (χ2n) is 7.37. The first-order chi connectivity index (χ1) is 14.6. The second-order valence-corrected chi connectivity index (χ2v) is 7.37. The molecule has 152 valence electrons. The molecule has 0 aliphatic heterocycles. The molecule has 4 rings (SSSR count). The van der Waals surface area contributed by atoms with Gasteiger partial charge in [0.1, 0.15) is 0 Å². The molecule has 2 heterocycles. The van der Waals surface area contributed by atoms with E-state index in [2.05, 4.69) is 5.32 Å². The zero-order chi connectivity index (χ0) is 21.1. The van der Waals surface area contributed by atoms with Crippen LogP contribution >= 0.6 is 0 Å². The van der Waals surface area contributed by atoms with Gasteiger partial charge in [0.2, 0.25) is 0 Å². The molecule has 0 aliphatic rings. The predicted molar refractivity (Wildman–Crippen MR) is 118 cm³/mol. The molecule has 0 radical (unpaired) electrons. The fourth-order valence-electron chi connectivity index (χ4n) is 3.89. The molecule has 1 atom stereocenters. The molecule has 1 amide bonds. The lowest BCUT2D eigenvalue weighted by Gasteiger charge is -2.21. The zero-order valence-corrected chi connectivity index (χ0v) is 17.1. The monoisotopic (exact) mass is 400 g/mol. The minimum absolute atomic E-state index is 0.105. The topological polar surface area (TPSA) is 64.2 Å². The molecule has 5 nitrogen and oxygen atoms in total. The zero-order valence-electron chi connectivity index (χ0n) is 17.1. The number of rotatable bonds is 6. The van der Waals surface area contributed by atoms with Crippen LogP contribution in [0.1, 0.15) is 46.6 Å². The van der Waals surface area contributed by atoms with E-state index in [1.165, 1.54) is 0 Å². The molecule has 0 fully saturated rings. The average Bonchev–Trinajstić information content (AvgIpc) is 3.29. The van der Waals surface area contributed by atoms with Crippen molar-refractivity contribution in [1.29, 1.82) is 0 Å². The van der Waals surface area contributed by atoms with Gasteiger partial charge in [0, 0.05) is 22.0 Å². The van der Waals surface area contributed by atoms with E-state index in [1.54, 1.807) is 23.2 Å². The van der Waals surface area contributed by atoms with Crippen molar-refractivity contribution in [3.05, 3.63) is 106 Å². The third kappa shape index (κ3) is 3.66. The Labute approximate surface area is 175 Å². The van der Waals surface area contributed by atoms with Gasteiger partial charge in [-0.05, 0) is 31.0 Å². The van der Waals surface area contributed by atoms with E-state index < -0.39 is 0 Å². The van der Waals surface area contributed by atoms with Gasteiger partial charge in [-0.2, -0.15) is 0 Å². The van der Waals surface area contributed by atoms with E-state index in [0.29, 0.717) is 28.6 Å². The van der Waals surface area contributed by atoms with E-state index in [4.69, 9.17) is 4.42 Å². The second kappa shape index (κ2) is 8.41. The summed E-state index contributed by atoms with van der Waals surface area (Å²) in [6.45, 7) is 4.22. The number of carbonyl (C=O) groups is 1. The van der Waals surface area contributed by atoms with Gasteiger partial charge >= 0.3 is 0 Å². The summed E-state index contributed by atoms with van der Waals surface area (Å²) in [5, 5.41) is 4.37. The maximum Gasteiger partial charge on any atom is 0.258 e. The standard InChI is InChI=1S/C25H24N2O3/c1-3-22(19-9-5-4-6-10-19)26-24(28)23-17(2)27(15-18-13-14-30-16-18)25(29)21-12-8-7-11-20(21)23/h4-14,16,22H,3,15H2,1-2H3,(H,26,28). The highest BCUT2D eigenvalue weighted by molar-refractivity contribution is 6.07. The molecular formula is C25H24N2O3. The van der Waals surface area contributed by atoms with Crippen molar-refractivity contribution in [2.75, 3.05) is 0 Å². The molecule has 1 N–H and O–H groups in total. The molecule has 0 saturated heterocycles. The lowest BCUT2D eigenvalue weighted by atomic mass is 10.0. The first-order valence-electron chi connectivity index (χ1n) is 10.1. The molecule has 4 aromatic rings. The van der Waals surface area contributed by atoms with Crippen LogP contribution in [0.15, 0.2) is 82.4 Å². The molecule has 5 heteroatoms. The van der Waals surface area contributed by atoms with Crippen molar-refractivity contribution in [2.45, 2.75) is 32.9 Å². The highest BCUT2D eigenvalue weighted by atomic mass is 16.3. The van der Waals surface area contributed by atoms with Crippen LogP contribution in [-0.4, -0.2) is 10.5 Å². The van der Waals surface area contributed by atoms with Gasteiger partial charge in [0.15, 0.2) is 0 Å². The Kier molecular flexibility index (Phi) is 5.53. The fourth-order valence-corrected chi connectivity index (χ4v) is 3.89. The summed E-state index contributed by atoms with van der Waals surface area (Å²) < 4.78 is 6.80. The molecule has 1 unspecified atom stereocenters. The number of nitrogens with zero attached hydrogens (tertiary/aromatic N) is 1. The summed E-state index contributed by atoms with van der Waals surface area (Å²) in [6, 6.07) is 18.9. The number of aromatic nitrogens is 1. The van der Waals surface area contributed by atoms with Crippen LogP contribution in [-0.2, 0) is 6.54 Å². The Morgan fingerprint density at radius 1 is 1.03 bits per heavy atom. The number of pyridine rings is 1. The Balaban J connectivity index is 1.81. The summed E-state index contributed by atoms with van der Waals surface area (Å²) in [5.74, 6) is -0.180. The Morgan fingerprint density at radius 3 is 2.40 bits per heavy atom. The molecule has 0 aliphatic carbocycles. The highest BCUT2D eigenvalue weighted by Crippen LogP contribution is 2.23. The van der Waals surface area contributed by atoms with Crippen molar-refractivity contribution in [3.8, 4) is 0 Å². The van der Waals surface area contributed by atoms with Crippen LogP contribution in [0.25, 0.3) is 10.8 Å². The number of amides is 1. The normalized spacial score (nSPS) is 12.1. The Bertz CT molecular complexity index is 1220. The van der Waals surface area contributed by atoms with Crippen LogP contribution in [0.4, 0.5) is 0 Å². The van der Waals surface area contributed by atoms with Crippen LogP contribution in [0.5, 0.6) is 0 Å². The third-order valence-electron chi connectivity index (χ3n) is 5.50. The minimum Gasteiger partial charge on any atom is -0.472 e. The SMILES string of the molecule is CCC(NC(=O)c1c(C)n(Cc2ccoc2)c(=O)c2ccccc12)c1ccccc1. The minimum atomic E-state index is -0.180. The lowest BCUT2D eigenvalue weighted by molar-refractivity contribution is 0.0935. The molecule has 0 bridgehead atoms. The van der Waals surface area contributed by atoms with Gasteiger partial charge in [-0.15, -0.1) is 0 Å². The van der Waals surface area contributed by atoms with Gasteiger partial charge in [-0.25, -0.2) is 0 Å². The van der Waals surface area contributed by atoms with Crippen molar-refractivity contribution in [1.82, 2.24) is 9.88 Å². The van der Waals surface area contributed by atoms with Crippen LogP contribution in [0, 0.1) is 6.92 Å². The number of fused-ring (bicyclic) bond motifs is 1. The first-order valence-corrected chi connectivity index (χ1v) is 10.1. The molecule has 2 aromatic carbocycles. The van der Waals surface area contributed by atoms with Crippen LogP contribution < -0.4 is 10.9 Å². The van der Waals surface area contributed by atoms with E-state index in [0.717, 1.165) is 17.5 Å². The van der Waals surface area contributed by atoms with Gasteiger partial charge < -0.3 is 14.3 Å². The van der Waals surface area contributed by atoms with Crippen molar-refractivity contribution in [3.63, 3.8) is 0 Å². The van der Waals surface area contributed by atoms with Crippen molar-refractivity contribution >= 4 is 16.7 Å². The number of furan rings is 1. The first kappa shape index (κ1) is 19.7. The fraction of sp³-hybridized carbons (Fsp3) is 0.200. The number of hydrogen-bond donors (Lipinski definition) is 1. The Morgan fingerprint density at radius 2 is 1.73 bits per heavy atom. The summed E-state index contributed by atoms with van der Waals surface area (Å²) in [4.78, 5) is 26.6. The molecule has 0 saturated carbocycles. The number of hydrogen-bond acceptors (Lipinski definition) is 3. The molecule has 2 aromatic heterocycles. The van der Waals surface area contributed by atoms with Gasteiger partial charge in [-0.3, -0.25) is 9.59 Å². The van der Waals surface area contributed by atoms with Crippen LogP contribution in [0.2, 0.25) is 0 Å². The van der Waals surface area contributed by atoms with Crippen molar-refractivity contribution in [2.24, 2.45) is 0 Å². The largest absolute Gasteiger partial charge is 0.472 e. The summed E-state index contributed by atoms with van der Waals surface area (Å²) in [6.07, 6.45) is 3.96. The summed E-state index contributed by atoms with van der Waals surface area (Å²) in [7, 11) is 0. The number of carbonyl (C=O) groups excluding carboxylic acids is 1. The predicted octanol–water partition coefficient (Wildman–Crippen LogP) is 4.83. The van der Waals surface area contributed by atoms with E-state index in [-0.39, 0.29) is 17.5 Å². The smallest absolute Gasteiger partial charge is 0.258 e. The molecule has 0 spiro atoms. The number of nitrogens with one attached hydrogen (secondary N) is 1. The average molecular weight is 400 g/mol. The summed E-state index contributed by atoms with van der Waals surface area (Å²) in [5.41, 5.74) is 2.99. The summed E-state index contributed by atoms with van der Waals surface area (Å²) >= 11 is 0. The highest BCUT2D eigenvalue weighted by Gasteiger charge is 2.22. The lowest BCUT2D eigenvalue weighted by Crippen LogP contribution is -2.32. The van der Waals surface area contributed by atoms with Gasteiger partial charge in [0.25, 0.3) is 11.5 Å². The van der Waals surface area contributed by atoms with E-state index >= 15 is 0 Å². The Hall–Kier alpha value is -3.60. The van der Waals surface area contributed by atoms with Gasteiger partial charge in [0.05, 0.1) is 30.7 Å². The van der Waals surface area contributed by atoms with E-state index in [9.17, 15) is 9.59 Å². The van der Waals surface area contributed by atoms with Gasteiger partial charge in [-0.1, -0.05) is 55.5 Å². The van der Waals surface area contributed by atoms with E-state index in [1.807, 2.05) is 68.4 Å². The maximum atomic E-state index is 13.4. The molecular weight excluding hydrogens is 376 g/mol. The van der Waals surface area contributed by atoms with Crippen LogP contribution in [0.3, 0.4) is 0 Å². The molecule has 30 heavy (non-hydrogen) atoms. The quantitative estimate of drug-likeness (QED) is 0.504.